The van der Waals surface area contributed by atoms with Gasteiger partial charge in [-0.25, -0.2) is 0 Å². The second-order valence-electron chi connectivity index (χ2n) is 9.23. The minimum atomic E-state index is -0.140. The topological polar surface area (TPSA) is 52.2 Å². The van der Waals surface area contributed by atoms with E-state index < -0.39 is 0 Å². The summed E-state index contributed by atoms with van der Waals surface area (Å²) < 4.78 is 10.4. The highest BCUT2D eigenvalue weighted by molar-refractivity contribution is 7.24. The van der Waals surface area contributed by atoms with Gasteiger partial charge >= 0.3 is 0 Å². The van der Waals surface area contributed by atoms with E-state index >= 15 is 0 Å². The van der Waals surface area contributed by atoms with Crippen LogP contribution in [0.15, 0.2) is 117 Å². The Hall–Kier alpha value is -4.74. The summed E-state index contributed by atoms with van der Waals surface area (Å²) in [7, 11) is 0. The number of aromatic nitrogens is 1. The van der Waals surface area contributed by atoms with Crippen LogP contribution in [0.1, 0.15) is 0 Å². The highest BCUT2D eigenvalue weighted by Gasteiger charge is 2.18. The van der Waals surface area contributed by atoms with Gasteiger partial charge in [0.25, 0.3) is 0 Å². The van der Waals surface area contributed by atoms with Gasteiger partial charge < -0.3 is 8.98 Å². The molecule has 0 saturated heterocycles. The molecule has 3 aromatic heterocycles. The van der Waals surface area contributed by atoms with Gasteiger partial charge in [-0.2, -0.15) is 0 Å². The van der Waals surface area contributed by atoms with Crippen LogP contribution in [0.4, 0.5) is 0 Å². The van der Waals surface area contributed by atoms with E-state index in [1.54, 1.807) is 12.1 Å². The zero-order chi connectivity index (χ0) is 24.7. The molecule has 0 bridgehead atoms. The van der Waals surface area contributed by atoms with Crippen LogP contribution >= 0.6 is 11.3 Å². The molecule has 0 saturated carbocycles. The van der Waals surface area contributed by atoms with Crippen LogP contribution in [0.3, 0.4) is 0 Å². The molecular formula is C32H17NO3S. The summed E-state index contributed by atoms with van der Waals surface area (Å²) in [5.41, 5.74) is 3.69. The lowest BCUT2D eigenvalue weighted by atomic mass is 10.1. The minimum absolute atomic E-state index is 0.0650. The molecule has 8 rings (SSSR count). The van der Waals surface area contributed by atoms with Gasteiger partial charge in [-0.3, -0.25) is 9.59 Å². The Morgan fingerprint density at radius 1 is 0.541 bits per heavy atom. The Bertz CT molecular complexity index is 2300. The highest BCUT2D eigenvalue weighted by atomic mass is 32.1. The van der Waals surface area contributed by atoms with Crippen LogP contribution < -0.4 is 10.9 Å². The molecule has 0 aliphatic rings. The average molecular weight is 496 g/mol. The van der Waals surface area contributed by atoms with Crippen molar-refractivity contribution in [2.45, 2.75) is 0 Å². The Balaban J connectivity index is 1.52. The first-order valence-electron chi connectivity index (χ1n) is 12.0. The summed E-state index contributed by atoms with van der Waals surface area (Å²) >= 11 is 1.53. The molecule has 0 spiro atoms. The summed E-state index contributed by atoms with van der Waals surface area (Å²) in [4.78, 5) is 27.0. The fraction of sp³-hybridized carbons (Fsp3) is 0. The van der Waals surface area contributed by atoms with Crippen LogP contribution in [0.5, 0.6) is 0 Å². The van der Waals surface area contributed by atoms with Crippen LogP contribution in [-0.2, 0) is 0 Å². The molecule has 3 heterocycles. The first kappa shape index (κ1) is 20.5. The lowest BCUT2D eigenvalue weighted by Gasteiger charge is -2.11. The third-order valence-corrected chi connectivity index (χ3v) is 8.33. The van der Waals surface area contributed by atoms with Gasteiger partial charge in [0.05, 0.1) is 27.5 Å². The molecule has 5 aromatic carbocycles. The monoisotopic (exact) mass is 495 g/mol. The molecule has 37 heavy (non-hydrogen) atoms. The van der Waals surface area contributed by atoms with Crippen molar-refractivity contribution in [1.29, 1.82) is 0 Å². The Morgan fingerprint density at radius 3 is 1.92 bits per heavy atom. The van der Waals surface area contributed by atoms with E-state index in [0.29, 0.717) is 32.7 Å². The Kier molecular flexibility index (Phi) is 4.08. The molecule has 0 atom stereocenters. The lowest BCUT2D eigenvalue weighted by molar-refractivity contribution is 0.658. The number of para-hydroxylation sites is 3. The predicted octanol–water partition coefficient (Wildman–Crippen LogP) is 7.77. The fourth-order valence-corrected chi connectivity index (χ4v) is 6.60. The van der Waals surface area contributed by atoms with E-state index in [1.165, 1.54) is 11.3 Å². The molecule has 174 valence electrons. The number of fused-ring (bicyclic) bond motifs is 7. The molecular weight excluding hydrogens is 478 g/mol. The maximum atomic E-state index is 13.8. The van der Waals surface area contributed by atoms with Gasteiger partial charge in [0, 0.05) is 30.9 Å². The SMILES string of the molecule is O=c1c2ccccc2sc2cc3oc4c(-n5c6ccccc6c6ccccc65)cccc4c(=O)c3cc12. The smallest absolute Gasteiger partial charge is 0.200 e. The standard InChI is InChI=1S/C32H17NO3S/c34-30-20-10-3-6-15-28(20)37-29-17-27-22(16-23(29)30)31(35)21-11-7-14-26(32(21)36-27)33-24-12-4-1-8-18(24)19-9-2-5-13-25(19)33/h1-17H. The summed E-state index contributed by atoms with van der Waals surface area (Å²) in [5.74, 6) is 0. The predicted molar refractivity (Wildman–Crippen MR) is 153 cm³/mol. The van der Waals surface area contributed by atoms with E-state index in [2.05, 4.69) is 28.8 Å². The van der Waals surface area contributed by atoms with Crippen molar-refractivity contribution in [1.82, 2.24) is 4.57 Å². The van der Waals surface area contributed by atoms with E-state index in [-0.39, 0.29) is 10.9 Å². The largest absolute Gasteiger partial charge is 0.454 e. The Morgan fingerprint density at radius 2 is 1.16 bits per heavy atom. The summed E-state index contributed by atoms with van der Waals surface area (Å²) in [6, 6.07) is 33.3. The third-order valence-electron chi connectivity index (χ3n) is 7.19. The molecule has 5 heteroatoms. The van der Waals surface area contributed by atoms with E-state index in [9.17, 15) is 9.59 Å². The second kappa shape index (κ2) is 7.38. The number of hydrogen-bond acceptors (Lipinski definition) is 4. The lowest BCUT2D eigenvalue weighted by Crippen LogP contribution is -2.07. The quantitative estimate of drug-likeness (QED) is 0.219. The van der Waals surface area contributed by atoms with Gasteiger partial charge in [-0.05, 0) is 48.5 Å². The third kappa shape index (κ3) is 2.77. The van der Waals surface area contributed by atoms with Crippen LogP contribution in [-0.4, -0.2) is 4.57 Å². The maximum absolute atomic E-state index is 13.8. The molecule has 8 aromatic rings. The maximum Gasteiger partial charge on any atom is 0.200 e. The van der Waals surface area contributed by atoms with Crippen LogP contribution in [0, 0.1) is 0 Å². The Labute approximate surface area is 213 Å². The second-order valence-corrected chi connectivity index (χ2v) is 10.3. The van der Waals surface area contributed by atoms with Crippen molar-refractivity contribution >= 4 is 75.3 Å². The summed E-state index contributed by atoms with van der Waals surface area (Å²) in [6.45, 7) is 0. The molecule has 0 amide bonds. The van der Waals surface area contributed by atoms with E-state index in [0.717, 1.165) is 36.9 Å². The van der Waals surface area contributed by atoms with Gasteiger partial charge in [-0.1, -0.05) is 54.6 Å². The molecule has 0 aliphatic carbocycles. The zero-order valence-electron chi connectivity index (χ0n) is 19.4. The summed E-state index contributed by atoms with van der Waals surface area (Å²) in [5, 5.41) is 4.39. The van der Waals surface area contributed by atoms with Crippen molar-refractivity contribution in [3.8, 4) is 5.69 Å². The molecule has 0 fully saturated rings. The zero-order valence-corrected chi connectivity index (χ0v) is 20.2. The first-order valence-corrected chi connectivity index (χ1v) is 12.8. The van der Waals surface area contributed by atoms with Crippen molar-refractivity contribution in [2.24, 2.45) is 0 Å². The van der Waals surface area contributed by atoms with E-state index in [1.807, 2.05) is 66.7 Å². The van der Waals surface area contributed by atoms with Gasteiger partial charge in [0.1, 0.15) is 5.58 Å². The van der Waals surface area contributed by atoms with Gasteiger partial charge in [0.2, 0.25) is 5.43 Å². The van der Waals surface area contributed by atoms with Crippen molar-refractivity contribution in [3.05, 3.63) is 124 Å². The number of hydrogen-bond donors (Lipinski definition) is 0. The van der Waals surface area contributed by atoms with Crippen molar-refractivity contribution in [2.75, 3.05) is 0 Å². The molecule has 0 unspecified atom stereocenters. The summed E-state index contributed by atoms with van der Waals surface area (Å²) in [6.07, 6.45) is 0. The number of benzene rings is 5. The number of rotatable bonds is 1. The van der Waals surface area contributed by atoms with E-state index in [4.69, 9.17) is 4.42 Å². The molecule has 0 radical (unpaired) electrons. The first-order chi connectivity index (χ1) is 18.2. The average Bonchev–Trinajstić information content (AvgIpc) is 3.27. The van der Waals surface area contributed by atoms with Gasteiger partial charge in [0.15, 0.2) is 11.0 Å². The molecule has 4 nitrogen and oxygen atoms in total. The molecule has 0 N–H and O–H groups in total. The highest BCUT2D eigenvalue weighted by Crippen LogP contribution is 2.35. The van der Waals surface area contributed by atoms with Crippen LogP contribution in [0.25, 0.3) is 69.6 Å². The fourth-order valence-electron chi connectivity index (χ4n) is 5.52. The van der Waals surface area contributed by atoms with Crippen molar-refractivity contribution in [3.63, 3.8) is 0 Å². The number of nitrogens with zero attached hydrogens (tertiary/aromatic N) is 1. The van der Waals surface area contributed by atoms with Crippen molar-refractivity contribution < 1.29 is 4.42 Å². The van der Waals surface area contributed by atoms with Crippen LogP contribution in [0.2, 0.25) is 0 Å². The molecule has 0 aliphatic heterocycles. The minimum Gasteiger partial charge on any atom is -0.454 e. The van der Waals surface area contributed by atoms with Gasteiger partial charge in [-0.15, -0.1) is 11.3 Å². The normalized spacial score (nSPS) is 12.0.